The Kier molecular flexibility index (Phi) is 6.69. The number of benzene rings is 1. The molecule has 102 valence electrons. The zero-order valence-electron chi connectivity index (χ0n) is 11.9. The van der Waals surface area contributed by atoms with Crippen LogP contribution in [0.25, 0.3) is 0 Å². The Hall–Kier alpha value is -0.570. The summed E-state index contributed by atoms with van der Waals surface area (Å²) in [5, 5.41) is 4.33. The molecule has 18 heavy (non-hydrogen) atoms. The molecule has 0 radical (unpaired) electrons. The Morgan fingerprint density at radius 1 is 1.22 bits per heavy atom. The van der Waals surface area contributed by atoms with E-state index < -0.39 is 0 Å². The van der Waals surface area contributed by atoms with E-state index >= 15 is 0 Å². The lowest BCUT2D eigenvalue weighted by Crippen LogP contribution is -2.33. The molecular weight excluding hydrogens is 244 g/mol. The molecule has 2 nitrogen and oxygen atoms in total. The molecule has 1 rings (SSSR count). The Labute approximate surface area is 116 Å². The zero-order valence-corrected chi connectivity index (χ0v) is 12.7. The summed E-state index contributed by atoms with van der Waals surface area (Å²) in [6, 6.07) is 8.62. The van der Waals surface area contributed by atoms with Crippen LogP contribution in [0.5, 0.6) is 0 Å². The summed E-state index contributed by atoms with van der Waals surface area (Å²) < 4.78 is 0. The monoisotopic (exact) mass is 268 g/mol. The fourth-order valence-corrected chi connectivity index (χ4v) is 2.21. The number of hydrogen-bond donors (Lipinski definition) is 1. The molecular formula is C15H25ClN2. The van der Waals surface area contributed by atoms with Gasteiger partial charge in [0.15, 0.2) is 0 Å². The van der Waals surface area contributed by atoms with Crippen LogP contribution in [0.2, 0.25) is 5.02 Å². The molecule has 1 unspecified atom stereocenters. The third-order valence-electron chi connectivity index (χ3n) is 2.90. The Morgan fingerprint density at radius 3 is 2.50 bits per heavy atom. The van der Waals surface area contributed by atoms with Gasteiger partial charge in [-0.25, -0.2) is 0 Å². The van der Waals surface area contributed by atoms with Gasteiger partial charge in [0.2, 0.25) is 0 Å². The largest absolute Gasteiger partial charge is 0.314 e. The van der Waals surface area contributed by atoms with Crippen molar-refractivity contribution in [3.63, 3.8) is 0 Å². The topological polar surface area (TPSA) is 15.3 Å². The molecule has 0 saturated carbocycles. The highest BCUT2D eigenvalue weighted by atomic mass is 35.5. The van der Waals surface area contributed by atoms with Crippen LogP contribution in [0.3, 0.4) is 0 Å². The van der Waals surface area contributed by atoms with Crippen molar-refractivity contribution in [3.8, 4) is 0 Å². The van der Waals surface area contributed by atoms with Gasteiger partial charge in [0, 0.05) is 24.2 Å². The molecule has 1 atom stereocenters. The SMILES string of the molecule is CC(CNC(C)C)CN(C)Cc1ccccc1Cl. The molecule has 0 amide bonds. The fourth-order valence-electron chi connectivity index (χ4n) is 2.02. The minimum absolute atomic E-state index is 0.557. The van der Waals surface area contributed by atoms with Crippen molar-refractivity contribution in [2.75, 3.05) is 20.1 Å². The van der Waals surface area contributed by atoms with Gasteiger partial charge in [-0.3, -0.25) is 0 Å². The van der Waals surface area contributed by atoms with E-state index in [1.165, 1.54) is 5.56 Å². The minimum Gasteiger partial charge on any atom is -0.314 e. The molecule has 0 saturated heterocycles. The second kappa shape index (κ2) is 7.78. The maximum Gasteiger partial charge on any atom is 0.0451 e. The van der Waals surface area contributed by atoms with Crippen LogP contribution in [-0.4, -0.2) is 31.1 Å². The lowest BCUT2D eigenvalue weighted by Gasteiger charge is -2.23. The first kappa shape index (κ1) is 15.5. The summed E-state index contributed by atoms with van der Waals surface area (Å²) in [7, 11) is 2.15. The lowest BCUT2D eigenvalue weighted by molar-refractivity contribution is 0.271. The molecule has 0 aromatic heterocycles. The predicted octanol–water partition coefficient (Wildman–Crippen LogP) is 3.41. The third kappa shape index (κ3) is 5.85. The minimum atomic E-state index is 0.557. The van der Waals surface area contributed by atoms with Crippen LogP contribution in [0, 0.1) is 5.92 Å². The first-order valence-corrected chi connectivity index (χ1v) is 7.02. The average Bonchev–Trinajstić information content (AvgIpc) is 2.29. The molecule has 1 aromatic carbocycles. The molecule has 0 heterocycles. The Balaban J connectivity index is 2.37. The average molecular weight is 269 g/mol. The summed E-state index contributed by atoms with van der Waals surface area (Å²) >= 11 is 6.17. The van der Waals surface area contributed by atoms with Crippen molar-refractivity contribution in [2.24, 2.45) is 5.92 Å². The molecule has 0 fully saturated rings. The summed E-state index contributed by atoms with van der Waals surface area (Å²) in [6.45, 7) is 9.68. The summed E-state index contributed by atoms with van der Waals surface area (Å²) in [6.07, 6.45) is 0. The van der Waals surface area contributed by atoms with Crippen molar-refractivity contribution in [1.29, 1.82) is 0 Å². The van der Waals surface area contributed by atoms with Crippen LogP contribution in [0.1, 0.15) is 26.3 Å². The highest BCUT2D eigenvalue weighted by Gasteiger charge is 2.08. The maximum absolute atomic E-state index is 6.17. The van der Waals surface area contributed by atoms with E-state index in [0.717, 1.165) is 24.7 Å². The van der Waals surface area contributed by atoms with Crippen LogP contribution < -0.4 is 5.32 Å². The number of nitrogens with zero attached hydrogens (tertiary/aromatic N) is 1. The van der Waals surface area contributed by atoms with Gasteiger partial charge in [-0.05, 0) is 31.1 Å². The number of hydrogen-bond acceptors (Lipinski definition) is 2. The molecule has 0 aliphatic rings. The Morgan fingerprint density at radius 2 is 1.89 bits per heavy atom. The number of halogens is 1. The second-order valence-corrected chi connectivity index (χ2v) is 5.86. The van der Waals surface area contributed by atoms with Crippen LogP contribution >= 0.6 is 11.6 Å². The van der Waals surface area contributed by atoms with E-state index in [9.17, 15) is 0 Å². The van der Waals surface area contributed by atoms with Crippen LogP contribution in [-0.2, 0) is 6.54 Å². The molecule has 1 aromatic rings. The molecule has 0 spiro atoms. The highest BCUT2D eigenvalue weighted by molar-refractivity contribution is 6.31. The summed E-state index contributed by atoms with van der Waals surface area (Å²) in [5.41, 5.74) is 1.20. The normalized spacial score (nSPS) is 13.3. The lowest BCUT2D eigenvalue weighted by atomic mass is 10.1. The van der Waals surface area contributed by atoms with Crippen molar-refractivity contribution in [2.45, 2.75) is 33.4 Å². The van der Waals surface area contributed by atoms with E-state index in [-0.39, 0.29) is 0 Å². The van der Waals surface area contributed by atoms with Gasteiger partial charge in [0.05, 0.1) is 0 Å². The van der Waals surface area contributed by atoms with Crippen LogP contribution in [0.4, 0.5) is 0 Å². The molecule has 1 N–H and O–H groups in total. The van der Waals surface area contributed by atoms with E-state index in [1.54, 1.807) is 0 Å². The molecule has 0 bridgehead atoms. The van der Waals surface area contributed by atoms with Gasteiger partial charge in [-0.2, -0.15) is 0 Å². The van der Waals surface area contributed by atoms with Gasteiger partial charge in [-0.15, -0.1) is 0 Å². The quantitative estimate of drug-likeness (QED) is 0.815. The Bertz CT molecular complexity index is 352. The maximum atomic E-state index is 6.17. The molecule has 0 aliphatic heterocycles. The number of nitrogens with one attached hydrogen (secondary N) is 1. The van der Waals surface area contributed by atoms with Crippen LogP contribution in [0.15, 0.2) is 24.3 Å². The number of rotatable bonds is 7. The van der Waals surface area contributed by atoms with E-state index in [4.69, 9.17) is 11.6 Å². The van der Waals surface area contributed by atoms with E-state index in [0.29, 0.717) is 12.0 Å². The van der Waals surface area contributed by atoms with Crippen molar-refractivity contribution in [1.82, 2.24) is 10.2 Å². The zero-order chi connectivity index (χ0) is 13.5. The van der Waals surface area contributed by atoms with Gasteiger partial charge in [0.25, 0.3) is 0 Å². The summed E-state index contributed by atoms with van der Waals surface area (Å²) in [4.78, 5) is 2.33. The van der Waals surface area contributed by atoms with Crippen molar-refractivity contribution < 1.29 is 0 Å². The first-order chi connectivity index (χ1) is 8.49. The van der Waals surface area contributed by atoms with E-state index in [1.807, 2.05) is 18.2 Å². The fraction of sp³-hybridized carbons (Fsp3) is 0.600. The predicted molar refractivity (Wildman–Crippen MR) is 80.1 cm³/mol. The molecule has 3 heteroatoms. The first-order valence-electron chi connectivity index (χ1n) is 6.64. The van der Waals surface area contributed by atoms with Gasteiger partial charge >= 0.3 is 0 Å². The second-order valence-electron chi connectivity index (χ2n) is 5.46. The highest BCUT2D eigenvalue weighted by Crippen LogP contribution is 2.16. The van der Waals surface area contributed by atoms with Crippen molar-refractivity contribution in [3.05, 3.63) is 34.9 Å². The molecule has 0 aliphatic carbocycles. The van der Waals surface area contributed by atoms with E-state index in [2.05, 4.69) is 44.1 Å². The van der Waals surface area contributed by atoms with Gasteiger partial charge in [0.1, 0.15) is 0 Å². The standard InChI is InChI=1S/C15H25ClN2/c1-12(2)17-9-13(3)10-18(4)11-14-7-5-6-8-15(14)16/h5-8,12-13,17H,9-11H2,1-4H3. The van der Waals surface area contributed by atoms with Gasteiger partial charge < -0.3 is 10.2 Å². The van der Waals surface area contributed by atoms with Crippen molar-refractivity contribution >= 4 is 11.6 Å². The van der Waals surface area contributed by atoms with Gasteiger partial charge in [-0.1, -0.05) is 50.6 Å². The smallest absolute Gasteiger partial charge is 0.0451 e. The summed E-state index contributed by atoms with van der Waals surface area (Å²) in [5.74, 6) is 0.639. The third-order valence-corrected chi connectivity index (χ3v) is 3.26.